The molecule has 1 N–H and O–H groups in total. The van der Waals surface area contributed by atoms with Gasteiger partial charge in [0.1, 0.15) is 0 Å². The summed E-state index contributed by atoms with van der Waals surface area (Å²) in [6.45, 7) is 4.58. The van der Waals surface area contributed by atoms with Gasteiger partial charge in [0.2, 0.25) is 10.0 Å². The predicted octanol–water partition coefficient (Wildman–Crippen LogP) is 3.52. The van der Waals surface area contributed by atoms with E-state index in [1.165, 1.54) is 48.2 Å². The third kappa shape index (κ3) is 6.09. The lowest BCUT2D eigenvalue weighted by Gasteiger charge is -2.23. The second-order valence-electron chi connectivity index (χ2n) is 7.53. The summed E-state index contributed by atoms with van der Waals surface area (Å²) < 4.78 is 24.9. The molecule has 146 valence electrons. The Morgan fingerprint density at radius 2 is 1.77 bits per heavy atom. The van der Waals surface area contributed by atoms with Crippen molar-refractivity contribution >= 4 is 15.9 Å². The van der Waals surface area contributed by atoms with E-state index in [0.717, 1.165) is 0 Å². The SMILES string of the molecule is CC(C)N(CCCNC(=O)c1ccc(C2CCCCC2)cc1)S(C)(=O)=O. The summed E-state index contributed by atoms with van der Waals surface area (Å²) in [7, 11) is -3.21. The van der Waals surface area contributed by atoms with Crippen LogP contribution in [-0.2, 0) is 10.0 Å². The summed E-state index contributed by atoms with van der Waals surface area (Å²) in [5.41, 5.74) is 2.00. The Bertz CT molecular complexity index is 678. The number of carbonyl (C=O) groups excluding carboxylic acids is 1. The number of amides is 1. The topological polar surface area (TPSA) is 66.5 Å². The fraction of sp³-hybridized carbons (Fsp3) is 0.650. The van der Waals surface area contributed by atoms with E-state index in [1.807, 2.05) is 26.0 Å². The number of nitrogens with zero attached hydrogens (tertiary/aromatic N) is 1. The molecule has 1 aliphatic rings. The van der Waals surface area contributed by atoms with Gasteiger partial charge in [0.25, 0.3) is 5.91 Å². The molecule has 0 saturated heterocycles. The zero-order valence-corrected chi connectivity index (χ0v) is 17.0. The first-order valence-corrected chi connectivity index (χ1v) is 11.5. The lowest BCUT2D eigenvalue weighted by atomic mass is 9.84. The summed E-state index contributed by atoms with van der Waals surface area (Å²) in [5, 5.41) is 2.88. The molecular weight excluding hydrogens is 348 g/mol. The zero-order chi connectivity index (χ0) is 19.2. The highest BCUT2D eigenvalue weighted by atomic mass is 32.2. The molecule has 26 heavy (non-hydrogen) atoms. The molecule has 1 aliphatic carbocycles. The summed E-state index contributed by atoms with van der Waals surface area (Å²) in [6, 6.07) is 7.88. The van der Waals surface area contributed by atoms with Crippen LogP contribution in [0.3, 0.4) is 0 Å². The Balaban J connectivity index is 1.80. The van der Waals surface area contributed by atoms with Crippen LogP contribution in [0.4, 0.5) is 0 Å². The number of benzene rings is 1. The number of nitrogens with one attached hydrogen (secondary N) is 1. The first-order valence-electron chi connectivity index (χ1n) is 9.64. The number of carbonyl (C=O) groups is 1. The van der Waals surface area contributed by atoms with Crippen molar-refractivity contribution in [1.82, 2.24) is 9.62 Å². The summed E-state index contributed by atoms with van der Waals surface area (Å²) >= 11 is 0. The molecule has 0 bridgehead atoms. The Kier molecular flexibility index (Phi) is 7.65. The fourth-order valence-electron chi connectivity index (χ4n) is 3.69. The normalized spacial score (nSPS) is 16.2. The van der Waals surface area contributed by atoms with Crippen LogP contribution in [0.2, 0.25) is 0 Å². The van der Waals surface area contributed by atoms with Crippen LogP contribution in [0.1, 0.15) is 74.2 Å². The van der Waals surface area contributed by atoms with Gasteiger partial charge in [0.05, 0.1) is 6.26 Å². The van der Waals surface area contributed by atoms with Crippen LogP contribution < -0.4 is 5.32 Å². The molecular formula is C20H32N2O3S. The van der Waals surface area contributed by atoms with Gasteiger partial charge in [-0.15, -0.1) is 0 Å². The van der Waals surface area contributed by atoms with E-state index in [9.17, 15) is 13.2 Å². The summed E-state index contributed by atoms with van der Waals surface area (Å²) in [4.78, 5) is 12.3. The molecule has 0 radical (unpaired) electrons. The van der Waals surface area contributed by atoms with Gasteiger partial charge in [-0.1, -0.05) is 31.4 Å². The van der Waals surface area contributed by atoms with Gasteiger partial charge in [0.15, 0.2) is 0 Å². The maximum atomic E-state index is 12.3. The summed E-state index contributed by atoms with van der Waals surface area (Å²) in [5.74, 6) is 0.537. The molecule has 1 saturated carbocycles. The van der Waals surface area contributed by atoms with Crippen molar-refractivity contribution in [3.63, 3.8) is 0 Å². The molecule has 6 heteroatoms. The molecule has 2 rings (SSSR count). The van der Waals surface area contributed by atoms with Crippen molar-refractivity contribution in [2.75, 3.05) is 19.3 Å². The maximum absolute atomic E-state index is 12.3. The van der Waals surface area contributed by atoms with Crippen molar-refractivity contribution in [3.05, 3.63) is 35.4 Å². The van der Waals surface area contributed by atoms with Crippen LogP contribution in [-0.4, -0.2) is 44.0 Å². The van der Waals surface area contributed by atoms with E-state index in [1.54, 1.807) is 0 Å². The van der Waals surface area contributed by atoms with Crippen molar-refractivity contribution < 1.29 is 13.2 Å². The Morgan fingerprint density at radius 1 is 1.15 bits per heavy atom. The van der Waals surface area contributed by atoms with E-state index in [0.29, 0.717) is 31.0 Å². The average Bonchev–Trinajstić information content (AvgIpc) is 2.60. The van der Waals surface area contributed by atoms with Gasteiger partial charge in [-0.3, -0.25) is 4.79 Å². The Labute approximate surface area is 158 Å². The van der Waals surface area contributed by atoms with Gasteiger partial charge < -0.3 is 5.32 Å². The van der Waals surface area contributed by atoms with E-state index >= 15 is 0 Å². The van der Waals surface area contributed by atoms with Gasteiger partial charge in [-0.05, 0) is 56.7 Å². The average molecular weight is 381 g/mol. The van der Waals surface area contributed by atoms with Crippen molar-refractivity contribution in [2.24, 2.45) is 0 Å². The standard InChI is InChI=1S/C20H32N2O3S/c1-16(2)22(26(3,24)25)15-7-14-21-20(23)19-12-10-18(11-13-19)17-8-5-4-6-9-17/h10-13,16-17H,4-9,14-15H2,1-3H3,(H,21,23). The van der Waals surface area contributed by atoms with Crippen LogP contribution in [0.15, 0.2) is 24.3 Å². The number of rotatable bonds is 8. The van der Waals surface area contributed by atoms with Gasteiger partial charge >= 0.3 is 0 Å². The van der Waals surface area contributed by atoms with E-state index in [2.05, 4.69) is 17.4 Å². The summed E-state index contributed by atoms with van der Waals surface area (Å²) in [6.07, 6.45) is 8.25. The highest BCUT2D eigenvalue weighted by molar-refractivity contribution is 7.88. The van der Waals surface area contributed by atoms with Crippen LogP contribution >= 0.6 is 0 Å². The van der Waals surface area contributed by atoms with E-state index in [-0.39, 0.29) is 11.9 Å². The minimum absolute atomic E-state index is 0.0759. The number of hydrogen-bond acceptors (Lipinski definition) is 3. The number of hydrogen-bond donors (Lipinski definition) is 1. The smallest absolute Gasteiger partial charge is 0.251 e. The molecule has 0 atom stereocenters. The second kappa shape index (κ2) is 9.51. The van der Waals surface area contributed by atoms with E-state index < -0.39 is 10.0 Å². The molecule has 0 unspecified atom stereocenters. The minimum Gasteiger partial charge on any atom is -0.352 e. The Hall–Kier alpha value is -1.40. The quantitative estimate of drug-likeness (QED) is 0.702. The molecule has 1 aromatic rings. The third-order valence-electron chi connectivity index (χ3n) is 5.09. The first kappa shape index (κ1) is 20.9. The second-order valence-corrected chi connectivity index (χ2v) is 9.47. The van der Waals surface area contributed by atoms with Gasteiger partial charge in [-0.2, -0.15) is 4.31 Å². The molecule has 1 fully saturated rings. The lowest BCUT2D eigenvalue weighted by molar-refractivity contribution is 0.0952. The highest BCUT2D eigenvalue weighted by Gasteiger charge is 2.19. The minimum atomic E-state index is -3.21. The van der Waals surface area contributed by atoms with Crippen molar-refractivity contribution in [3.8, 4) is 0 Å². The van der Waals surface area contributed by atoms with Crippen molar-refractivity contribution in [2.45, 2.75) is 64.3 Å². The van der Waals surface area contributed by atoms with Crippen LogP contribution in [0, 0.1) is 0 Å². The van der Waals surface area contributed by atoms with Crippen LogP contribution in [0.5, 0.6) is 0 Å². The maximum Gasteiger partial charge on any atom is 0.251 e. The lowest BCUT2D eigenvalue weighted by Crippen LogP contribution is -2.38. The molecule has 0 heterocycles. The van der Waals surface area contributed by atoms with Gasteiger partial charge in [0, 0.05) is 24.7 Å². The molecule has 1 amide bonds. The zero-order valence-electron chi connectivity index (χ0n) is 16.2. The molecule has 1 aromatic carbocycles. The largest absolute Gasteiger partial charge is 0.352 e. The first-order chi connectivity index (χ1) is 12.3. The molecule has 5 nitrogen and oxygen atoms in total. The third-order valence-corrected chi connectivity index (χ3v) is 6.55. The van der Waals surface area contributed by atoms with Crippen LogP contribution in [0.25, 0.3) is 0 Å². The molecule has 0 aliphatic heterocycles. The Morgan fingerprint density at radius 3 is 2.31 bits per heavy atom. The number of sulfonamides is 1. The van der Waals surface area contributed by atoms with E-state index in [4.69, 9.17) is 0 Å². The monoisotopic (exact) mass is 380 g/mol. The predicted molar refractivity (Wildman–Crippen MR) is 106 cm³/mol. The molecule has 0 spiro atoms. The fourth-order valence-corrected chi connectivity index (χ4v) is 4.92. The van der Waals surface area contributed by atoms with Gasteiger partial charge in [-0.25, -0.2) is 8.42 Å². The van der Waals surface area contributed by atoms with Crippen molar-refractivity contribution in [1.29, 1.82) is 0 Å². The highest BCUT2D eigenvalue weighted by Crippen LogP contribution is 2.32. The molecule has 0 aromatic heterocycles.